The Labute approximate surface area is 145 Å². The lowest BCUT2D eigenvalue weighted by Crippen LogP contribution is -2.47. The van der Waals surface area contributed by atoms with E-state index in [1.807, 2.05) is 0 Å². The molecule has 6 nitrogen and oxygen atoms in total. The van der Waals surface area contributed by atoms with E-state index < -0.39 is 0 Å². The molecule has 124 valence electrons. The highest BCUT2D eigenvalue weighted by atomic mass is 127. The molecule has 1 amide bonds. The summed E-state index contributed by atoms with van der Waals surface area (Å²) in [5.41, 5.74) is 0. The van der Waals surface area contributed by atoms with E-state index in [2.05, 4.69) is 41.4 Å². The summed E-state index contributed by atoms with van der Waals surface area (Å²) < 4.78 is 4.92. The molecule has 0 rings (SSSR count). The van der Waals surface area contributed by atoms with Crippen LogP contribution < -0.4 is 16.0 Å². The molecule has 0 aliphatic heterocycles. The Hall–Kier alpha value is -0.990. The zero-order valence-electron chi connectivity index (χ0n) is 13.4. The molecule has 7 heteroatoms. The van der Waals surface area contributed by atoms with Gasteiger partial charge in [0, 0.05) is 26.2 Å². The van der Waals surface area contributed by atoms with E-state index in [0.29, 0.717) is 31.6 Å². The topological polar surface area (TPSA) is 74.8 Å². The van der Waals surface area contributed by atoms with Crippen molar-refractivity contribution >= 4 is 36.0 Å². The highest BCUT2D eigenvalue weighted by molar-refractivity contribution is 14.0. The van der Waals surface area contributed by atoms with Crippen molar-refractivity contribution < 1.29 is 9.53 Å². The molecule has 0 aromatic rings. The van der Waals surface area contributed by atoms with E-state index >= 15 is 0 Å². The first-order valence-electron chi connectivity index (χ1n) is 7.02. The van der Waals surface area contributed by atoms with Crippen LogP contribution in [0.2, 0.25) is 0 Å². The van der Waals surface area contributed by atoms with Gasteiger partial charge in [0.2, 0.25) is 0 Å². The monoisotopic (exact) mass is 412 g/mol. The lowest BCUT2D eigenvalue weighted by atomic mass is 10.0. The maximum atomic E-state index is 11.5. The fraction of sp³-hybridized carbons (Fsp3) is 0.714. The molecular formula is C14H29IN4O2. The minimum absolute atomic E-state index is 0. The Bertz CT molecular complexity index is 322. The molecular weight excluding hydrogens is 383 g/mol. The van der Waals surface area contributed by atoms with Gasteiger partial charge in [0.25, 0.3) is 0 Å². The maximum absolute atomic E-state index is 11.5. The second-order valence-electron chi connectivity index (χ2n) is 4.81. The Morgan fingerprint density at radius 2 is 2.05 bits per heavy atom. The Morgan fingerprint density at radius 1 is 1.38 bits per heavy atom. The van der Waals surface area contributed by atoms with Gasteiger partial charge in [-0.3, -0.25) is 4.99 Å². The largest absolute Gasteiger partial charge is 0.450 e. The van der Waals surface area contributed by atoms with Gasteiger partial charge in [0.15, 0.2) is 5.96 Å². The summed E-state index contributed by atoms with van der Waals surface area (Å²) >= 11 is 0. The van der Waals surface area contributed by atoms with E-state index in [4.69, 9.17) is 4.74 Å². The van der Waals surface area contributed by atoms with Crippen molar-refractivity contribution in [1.29, 1.82) is 0 Å². The van der Waals surface area contributed by atoms with E-state index in [0.717, 1.165) is 6.42 Å². The van der Waals surface area contributed by atoms with Crippen LogP contribution in [0.25, 0.3) is 0 Å². The number of guanidine groups is 1. The predicted octanol–water partition coefficient (Wildman–Crippen LogP) is 2.12. The summed E-state index contributed by atoms with van der Waals surface area (Å²) in [5.74, 6) is 1.16. The average Bonchev–Trinajstić information content (AvgIpc) is 2.38. The number of nitrogens with zero attached hydrogens (tertiary/aromatic N) is 1. The highest BCUT2D eigenvalue weighted by Crippen LogP contribution is 2.04. The number of carbonyl (C=O) groups excluding carboxylic acids is 1. The summed E-state index contributed by atoms with van der Waals surface area (Å²) in [7, 11) is 1.70. The zero-order chi connectivity index (χ0) is 15.4. The molecule has 0 aromatic carbocycles. The van der Waals surface area contributed by atoms with Crippen LogP contribution in [0.3, 0.4) is 0 Å². The van der Waals surface area contributed by atoms with E-state index in [1.54, 1.807) is 20.0 Å². The normalized spacial score (nSPS) is 12.1. The summed E-state index contributed by atoms with van der Waals surface area (Å²) in [6.07, 6.45) is 2.24. The molecule has 21 heavy (non-hydrogen) atoms. The number of alkyl carbamates (subject to hydrolysis) is 1. The Morgan fingerprint density at radius 3 is 2.52 bits per heavy atom. The van der Waals surface area contributed by atoms with Crippen LogP contribution in [-0.4, -0.2) is 44.8 Å². The van der Waals surface area contributed by atoms with Gasteiger partial charge in [-0.25, -0.2) is 4.79 Å². The third-order valence-corrected chi connectivity index (χ3v) is 2.51. The SMILES string of the molecule is C=CCNC(=NC)NCC(CC(C)C)NC(=O)OCC.I. The standard InChI is InChI=1S/C14H28N4O2.HI/c1-6-8-16-13(15-5)17-10-12(9-11(3)4)18-14(19)20-7-2;/h6,11-12H,1,7-10H2,2-5H3,(H,18,19)(H2,15,16,17);1H. The van der Waals surface area contributed by atoms with Crippen LogP contribution in [0.5, 0.6) is 0 Å². The molecule has 0 spiro atoms. The molecule has 0 aliphatic carbocycles. The van der Waals surface area contributed by atoms with Gasteiger partial charge < -0.3 is 20.7 Å². The van der Waals surface area contributed by atoms with Crippen molar-refractivity contribution in [2.24, 2.45) is 10.9 Å². The number of nitrogens with one attached hydrogen (secondary N) is 3. The second kappa shape index (κ2) is 14.0. The van der Waals surface area contributed by atoms with E-state index in [1.165, 1.54) is 0 Å². The van der Waals surface area contributed by atoms with E-state index in [9.17, 15) is 4.79 Å². The first kappa shape index (κ1) is 22.3. The average molecular weight is 412 g/mol. The van der Waals surface area contributed by atoms with E-state index in [-0.39, 0.29) is 36.1 Å². The first-order valence-corrected chi connectivity index (χ1v) is 7.02. The number of amides is 1. The van der Waals surface area contributed by atoms with Crippen molar-refractivity contribution in [1.82, 2.24) is 16.0 Å². The number of hydrogen-bond donors (Lipinski definition) is 3. The van der Waals surface area contributed by atoms with Gasteiger partial charge in [-0.1, -0.05) is 19.9 Å². The van der Waals surface area contributed by atoms with Crippen LogP contribution in [-0.2, 0) is 4.74 Å². The van der Waals surface area contributed by atoms with Crippen molar-refractivity contribution in [3.05, 3.63) is 12.7 Å². The zero-order valence-corrected chi connectivity index (χ0v) is 15.8. The fourth-order valence-corrected chi connectivity index (χ4v) is 1.71. The number of hydrogen-bond acceptors (Lipinski definition) is 3. The van der Waals surface area contributed by atoms with Gasteiger partial charge in [0.05, 0.1) is 6.61 Å². The molecule has 0 aromatic heterocycles. The summed E-state index contributed by atoms with van der Waals surface area (Å²) in [5, 5.41) is 9.12. The number of carbonyl (C=O) groups is 1. The lowest BCUT2D eigenvalue weighted by molar-refractivity contribution is 0.146. The third-order valence-electron chi connectivity index (χ3n) is 2.51. The van der Waals surface area contributed by atoms with Crippen LogP contribution in [0.15, 0.2) is 17.6 Å². The van der Waals surface area contributed by atoms with Crippen molar-refractivity contribution in [2.75, 3.05) is 26.7 Å². The number of aliphatic imine (C=N–C) groups is 1. The molecule has 0 heterocycles. The summed E-state index contributed by atoms with van der Waals surface area (Å²) in [6.45, 7) is 11.3. The molecule has 0 saturated heterocycles. The molecule has 0 radical (unpaired) electrons. The molecule has 0 aliphatic rings. The van der Waals surface area contributed by atoms with Gasteiger partial charge in [0.1, 0.15) is 0 Å². The van der Waals surface area contributed by atoms with Crippen molar-refractivity contribution in [3.63, 3.8) is 0 Å². The molecule has 3 N–H and O–H groups in total. The number of rotatable bonds is 8. The maximum Gasteiger partial charge on any atom is 0.407 e. The lowest BCUT2D eigenvalue weighted by Gasteiger charge is -2.22. The number of halogens is 1. The second-order valence-corrected chi connectivity index (χ2v) is 4.81. The summed E-state index contributed by atoms with van der Waals surface area (Å²) in [4.78, 5) is 15.6. The number of ether oxygens (including phenoxy) is 1. The molecule has 0 fully saturated rings. The Kier molecular flexibility index (Phi) is 14.8. The first-order chi connectivity index (χ1) is 9.53. The van der Waals surface area contributed by atoms with Gasteiger partial charge in [-0.15, -0.1) is 30.6 Å². The quantitative estimate of drug-likeness (QED) is 0.247. The highest BCUT2D eigenvalue weighted by Gasteiger charge is 2.15. The van der Waals surface area contributed by atoms with Crippen LogP contribution in [0.1, 0.15) is 27.2 Å². The van der Waals surface area contributed by atoms with Gasteiger partial charge in [-0.2, -0.15) is 0 Å². The van der Waals surface area contributed by atoms with Crippen LogP contribution in [0.4, 0.5) is 4.79 Å². The minimum Gasteiger partial charge on any atom is -0.450 e. The molecule has 1 atom stereocenters. The van der Waals surface area contributed by atoms with Crippen molar-refractivity contribution in [2.45, 2.75) is 33.2 Å². The minimum atomic E-state index is -0.381. The van der Waals surface area contributed by atoms with Crippen LogP contribution in [0, 0.1) is 5.92 Å². The third kappa shape index (κ3) is 12.5. The van der Waals surface area contributed by atoms with Gasteiger partial charge in [-0.05, 0) is 19.3 Å². The molecule has 0 bridgehead atoms. The molecule has 1 unspecified atom stereocenters. The molecule has 0 saturated carbocycles. The Balaban J connectivity index is 0. The van der Waals surface area contributed by atoms with Crippen molar-refractivity contribution in [3.8, 4) is 0 Å². The summed E-state index contributed by atoms with van der Waals surface area (Å²) in [6, 6.07) is -0.00340. The van der Waals surface area contributed by atoms with Crippen LogP contribution >= 0.6 is 24.0 Å². The van der Waals surface area contributed by atoms with Gasteiger partial charge >= 0.3 is 6.09 Å². The smallest absolute Gasteiger partial charge is 0.407 e. The fourth-order valence-electron chi connectivity index (χ4n) is 1.71. The predicted molar refractivity (Wildman–Crippen MR) is 98.4 cm³/mol.